The summed E-state index contributed by atoms with van der Waals surface area (Å²) in [5.74, 6) is -4.85. The van der Waals surface area contributed by atoms with Crippen LogP contribution in [-0.4, -0.2) is 18.4 Å². The third-order valence-corrected chi connectivity index (χ3v) is 6.41. The van der Waals surface area contributed by atoms with Gasteiger partial charge in [-0.2, -0.15) is 0 Å². The number of aromatic hydroxyl groups is 1. The van der Waals surface area contributed by atoms with Gasteiger partial charge in [0.05, 0.1) is 19.9 Å². The number of hydrogen-bond donors (Lipinski definition) is 1. The lowest BCUT2D eigenvalue weighted by Crippen LogP contribution is -2.02. The van der Waals surface area contributed by atoms with Gasteiger partial charge in [-0.3, -0.25) is 4.99 Å². The second kappa shape index (κ2) is 11.1. The predicted molar refractivity (Wildman–Crippen MR) is 138 cm³/mol. The third kappa shape index (κ3) is 5.57. The summed E-state index contributed by atoms with van der Waals surface area (Å²) in [5, 5.41) is 12.3. The van der Waals surface area contributed by atoms with Crippen molar-refractivity contribution in [1.29, 1.82) is 0 Å². The Morgan fingerprint density at radius 2 is 1.33 bits per heavy atom. The smallest absolute Gasteiger partial charge is 0.176 e. The van der Waals surface area contributed by atoms with Crippen molar-refractivity contribution >= 4 is 67.9 Å². The summed E-state index contributed by atoms with van der Waals surface area (Å²) in [7, 11) is 1.53. The van der Waals surface area contributed by atoms with E-state index < -0.39 is 30.4 Å². The van der Waals surface area contributed by atoms with Crippen LogP contribution in [0, 0.1) is 30.4 Å². The van der Waals surface area contributed by atoms with Gasteiger partial charge >= 0.3 is 0 Å². The Balaban J connectivity index is 0.000000218. The van der Waals surface area contributed by atoms with E-state index in [1.165, 1.54) is 52.3 Å². The van der Waals surface area contributed by atoms with E-state index in [0.29, 0.717) is 11.3 Å². The van der Waals surface area contributed by atoms with E-state index in [-0.39, 0.29) is 5.75 Å². The number of methoxy groups -OCH3 is 1. The second-order valence-corrected chi connectivity index (χ2v) is 8.70. The maximum atomic E-state index is 12.6. The highest BCUT2D eigenvalue weighted by molar-refractivity contribution is 14.1. The normalized spacial score (nSPS) is 10.9. The summed E-state index contributed by atoms with van der Waals surface area (Å²) < 4.78 is 54.3. The molecule has 0 amide bonds. The molecule has 0 aliphatic heterocycles. The lowest BCUT2D eigenvalue weighted by atomic mass is 10.1. The van der Waals surface area contributed by atoms with Gasteiger partial charge in [0.1, 0.15) is 0 Å². The number of aliphatic imine (C=N–C) groups is 1. The minimum atomic E-state index is -1.35. The summed E-state index contributed by atoms with van der Waals surface area (Å²) >= 11 is 2.41. The van der Waals surface area contributed by atoms with Crippen molar-refractivity contribution in [2.24, 2.45) is 4.99 Å². The molecule has 3 nitrogen and oxygen atoms in total. The number of hydrogen-bond acceptors (Lipinski definition) is 3. The molecular weight excluding hydrogens is 664 g/mol. The number of para-hydroxylation sites is 1. The largest absolute Gasteiger partial charge is 0.504 e. The highest BCUT2D eigenvalue weighted by Gasteiger charge is 2.21. The number of benzene rings is 4. The molecule has 33 heavy (non-hydrogen) atoms. The summed E-state index contributed by atoms with van der Waals surface area (Å²) in [6.45, 7) is 0. The van der Waals surface area contributed by atoms with Crippen LogP contribution in [0.1, 0.15) is 5.56 Å². The molecule has 0 aromatic heterocycles. The first-order valence-electron chi connectivity index (χ1n) is 9.31. The van der Waals surface area contributed by atoms with Gasteiger partial charge in [-0.05, 0) is 68.8 Å². The van der Waals surface area contributed by atoms with Crippen LogP contribution in [0.2, 0.25) is 0 Å². The molecular formula is C24H15F4I2NO2. The highest BCUT2D eigenvalue weighted by Crippen LogP contribution is 2.30. The molecule has 0 fully saturated rings. The summed E-state index contributed by atoms with van der Waals surface area (Å²) in [6, 6.07) is 19.4. The highest BCUT2D eigenvalue weighted by atomic mass is 127. The van der Waals surface area contributed by atoms with Crippen molar-refractivity contribution < 1.29 is 27.4 Å². The number of rotatable bonds is 3. The average Bonchev–Trinajstić information content (AvgIpc) is 2.85. The molecule has 0 atom stereocenters. The van der Waals surface area contributed by atoms with Gasteiger partial charge in [-0.1, -0.05) is 42.5 Å². The lowest BCUT2D eigenvalue weighted by molar-refractivity contribution is 0.373. The molecule has 4 rings (SSSR count). The molecule has 9 heteroatoms. The van der Waals surface area contributed by atoms with Crippen LogP contribution in [-0.2, 0) is 0 Å². The van der Waals surface area contributed by atoms with Gasteiger partial charge in [-0.25, -0.2) is 17.6 Å². The lowest BCUT2D eigenvalue weighted by Gasteiger charge is -2.05. The Morgan fingerprint density at radius 3 is 1.94 bits per heavy atom. The maximum Gasteiger partial charge on any atom is 0.176 e. The van der Waals surface area contributed by atoms with Crippen LogP contribution in [0.15, 0.2) is 65.7 Å². The number of ether oxygens (including phenoxy) is 1. The molecule has 0 aliphatic carbocycles. The Labute approximate surface area is 214 Å². The van der Waals surface area contributed by atoms with Gasteiger partial charge in [-0.15, -0.1) is 0 Å². The molecule has 0 saturated heterocycles. The maximum absolute atomic E-state index is 12.6. The standard InChI is InChI=1S/C18H15NO2.C6F4I2/c1-21-17-11-5-8-14(18(17)20)12-19-16-10-4-7-13-6-2-3-9-15(13)16;7-1-2(8)6(12)4(10)3(9)5(1)11/h2-12,20H,1H3;. The van der Waals surface area contributed by atoms with Crippen molar-refractivity contribution in [1.82, 2.24) is 0 Å². The Morgan fingerprint density at radius 1 is 0.788 bits per heavy atom. The monoisotopic (exact) mass is 679 g/mol. The Bertz CT molecular complexity index is 1240. The fraction of sp³-hybridized carbons (Fsp3) is 0.0417. The van der Waals surface area contributed by atoms with Crippen molar-refractivity contribution in [2.45, 2.75) is 0 Å². The fourth-order valence-electron chi connectivity index (χ4n) is 2.85. The molecule has 0 unspecified atom stereocenters. The van der Waals surface area contributed by atoms with Crippen LogP contribution in [0.4, 0.5) is 23.2 Å². The van der Waals surface area contributed by atoms with E-state index in [1.807, 2.05) is 36.4 Å². The SMILES string of the molecule is COc1cccc(C=Nc2cccc3ccccc23)c1O.Fc1c(F)c(I)c(F)c(F)c1I. The molecule has 1 N–H and O–H groups in total. The van der Waals surface area contributed by atoms with Gasteiger partial charge in [0.25, 0.3) is 0 Å². The van der Waals surface area contributed by atoms with Crippen LogP contribution in [0.5, 0.6) is 11.5 Å². The molecule has 0 radical (unpaired) electrons. The van der Waals surface area contributed by atoms with Crippen molar-refractivity contribution in [3.63, 3.8) is 0 Å². The molecule has 170 valence electrons. The summed E-state index contributed by atoms with van der Waals surface area (Å²) in [5.41, 5.74) is 1.50. The quantitative estimate of drug-likeness (QED) is 0.0792. The van der Waals surface area contributed by atoms with Crippen LogP contribution in [0.25, 0.3) is 10.8 Å². The first-order chi connectivity index (χ1) is 15.8. The van der Waals surface area contributed by atoms with Crippen LogP contribution < -0.4 is 4.74 Å². The zero-order chi connectivity index (χ0) is 24.1. The van der Waals surface area contributed by atoms with E-state index in [9.17, 15) is 22.7 Å². The van der Waals surface area contributed by atoms with E-state index >= 15 is 0 Å². The zero-order valence-corrected chi connectivity index (χ0v) is 21.2. The second-order valence-electron chi connectivity index (χ2n) is 6.54. The predicted octanol–water partition coefficient (Wildman–Crippen LogP) is 7.76. The van der Waals surface area contributed by atoms with Crippen molar-refractivity contribution in [3.05, 3.63) is 96.6 Å². The average molecular weight is 679 g/mol. The number of halogens is 6. The van der Waals surface area contributed by atoms with Gasteiger partial charge < -0.3 is 9.84 Å². The van der Waals surface area contributed by atoms with E-state index in [2.05, 4.69) is 17.1 Å². The van der Waals surface area contributed by atoms with Crippen molar-refractivity contribution in [3.8, 4) is 11.5 Å². The molecule has 4 aromatic carbocycles. The Kier molecular flexibility index (Phi) is 8.51. The topological polar surface area (TPSA) is 41.8 Å². The van der Waals surface area contributed by atoms with Gasteiger partial charge in [0.2, 0.25) is 0 Å². The Hall–Kier alpha value is -2.41. The molecule has 0 spiro atoms. The van der Waals surface area contributed by atoms with E-state index in [4.69, 9.17) is 4.74 Å². The zero-order valence-electron chi connectivity index (χ0n) is 16.9. The third-order valence-electron chi connectivity index (χ3n) is 4.52. The van der Waals surface area contributed by atoms with Gasteiger partial charge in [0.15, 0.2) is 34.8 Å². The number of nitrogens with zero attached hydrogens (tertiary/aromatic N) is 1. The minimum Gasteiger partial charge on any atom is -0.504 e. The number of phenolic OH excluding ortho intramolecular Hbond substituents is 1. The van der Waals surface area contributed by atoms with Crippen LogP contribution in [0.3, 0.4) is 0 Å². The first kappa shape index (κ1) is 25.2. The molecule has 0 heterocycles. The summed E-state index contributed by atoms with van der Waals surface area (Å²) in [6.07, 6.45) is 1.65. The summed E-state index contributed by atoms with van der Waals surface area (Å²) in [4.78, 5) is 4.50. The molecule has 0 aliphatic rings. The first-order valence-corrected chi connectivity index (χ1v) is 11.5. The fourth-order valence-corrected chi connectivity index (χ4v) is 3.79. The minimum absolute atomic E-state index is 0.101. The molecule has 0 saturated carbocycles. The molecule has 0 bridgehead atoms. The van der Waals surface area contributed by atoms with E-state index in [0.717, 1.165) is 16.5 Å². The van der Waals surface area contributed by atoms with Gasteiger partial charge in [0, 0.05) is 17.2 Å². The van der Waals surface area contributed by atoms with Crippen molar-refractivity contribution in [2.75, 3.05) is 7.11 Å². The number of fused-ring (bicyclic) bond motifs is 1. The van der Waals surface area contributed by atoms with E-state index in [1.54, 1.807) is 18.3 Å². The molecule has 4 aromatic rings. The number of phenols is 1. The van der Waals surface area contributed by atoms with Crippen LogP contribution >= 0.6 is 45.2 Å².